The van der Waals surface area contributed by atoms with Crippen molar-refractivity contribution in [3.63, 3.8) is 0 Å². The number of fused-ring (bicyclic) bond motifs is 1. The zero-order chi connectivity index (χ0) is 19.6. The van der Waals surface area contributed by atoms with Crippen molar-refractivity contribution in [1.82, 2.24) is 15.3 Å². The normalized spacial score (nSPS) is 26.7. The Morgan fingerprint density at radius 2 is 2.07 bits per heavy atom. The number of aryl methyl sites for hydroxylation is 1. The molecule has 6 nitrogen and oxygen atoms in total. The molecule has 2 fully saturated rings. The number of carbonyl (C=O) groups excluding carboxylic acids is 1. The van der Waals surface area contributed by atoms with Gasteiger partial charge in [0.1, 0.15) is 24.4 Å². The molecule has 1 saturated carbocycles. The molecule has 1 aromatic heterocycles. The van der Waals surface area contributed by atoms with Crippen LogP contribution in [0.2, 0.25) is 0 Å². The van der Waals surface area contributed by atoms with E-state index in [1.54, 1.807) is 6.33 Å². The number of hydrogen-bond donors (Lipinski definition) is 1. The summed E-state index contributed by atoms with van der Waals surface area (Å²) in [6, 6.07) is 0. The highest BCUT2D eigenvalue weighted by Gasteiger charge is 2.45. The maximum absolute atomic E-state index is 13.4. The molecule has 154 valence electrons. The molecule has 1 amide bonds. The largest absolute Gasteiger partial charge is 0.370 e. The monoisotopic (exact) mass is 390 g/mol. The average molecular weight is 391 g/mol. The number of ether oxygens (including phenoxy) is 1. The van der Waals surface area contributed by atoms with Crippen molar-refractivity contribution < 1.29 is 13.9 Å². The number of halogens is 1. The molecular formula is C21H31FN4O2. The number of hydrogen-bond acceptors (Lipinski definition) is 5. The summed E-state index contributed by atoms with van der Waals surface area (Å²) in [6.07, 6.45) is 9.54. The van der Waals surface area contributed by atoms with Gasteiger partial charge in [-0.05, 0) is 45.4 Å². The van der Waals surface area contributed by atoms with Crippen LogP contribution in [-0.2, 0) is 22.4 Å². The van der Waals surface area contributed by atoms with Gasteiger partial charge >= 0.3 is 0 Å². The molecule has 0 bridgehead atoms. The minimum atomic E-state index is -0.797. The van der Waals surface area contributed by atoms with Gasteiger partial charge < -0.3 is 15.0 Å². The van der Waals surface area contributed by atoms with Crippen molar-refractivity contribution in [2.45, 2.75) is 63.9 Å². The van der Waals surface area contributed by atoms with Crippen molar-refractivity contribution in [3.8, 4) is 0 Å². The molecule has 28 heavy (non-hydrogen) atoms. The van der Waals surface area contributed by atoms with Crippen LogP contribution >= 0.6 is 0 Å². The molecule has 1 aromatic rings. The van der Waals surface area contributed by atoms with E-state index in [0.29, 0.717) is 32.5 Å². The first-order valence-electron chi connectivity index (χ1n) is 10.6. The molecule has 3 aliphatic rings. The van der Waals surface area contributed by atoms with Crippen LogP contribution in [0, 0.1) is 5.41 Å². The number of nitrogens with one attached hydrogen (secondary N) is 1. The topological polar surface area (TPSA) is 67.4 Å². The fraction of sp³-hybridized carbons (Fsp3) is 0.762. The van der Waals surface area contributed by atoms with Crippen LogP contribution in [0.4, 0.5) is 10.2 Å². The van der Waals surface area contributed by atoms with Crippen LogP contribution in [0.15, 0.2) is 6.33 Å². The van der Waals surface area contributed by atoms with E-state index >= 15 is 0 Å². The summed E-state index contributed by atoms with van der Waals surface area (Å²) in [5.41, 5.74) is 1.14. The Hall–Kier alpha value is -1.76. The smallest absolute Gasteiger partial charge is 0.228 e. The van der Waals surface area contributed by atoms with Crippen LogP contribution in [0.25, 0.3) is 0 Å². The number of carbonyl (C=O) groups is 1. The Morgan fingerprint density at radius 3 is 2.82 bits per heavy atom. The predicted octanol–water partition coefficient (Wildman–Crippen LogP) is 2.60. The van der Waals surface area contributed by atoms with Gasteiger partial charge in [-0.25, -0.2) is 14.4 Å². The highest BCUT2D eigenvalue weighted by Crippen LogP contribution is 2.41. The maximum Gasteiger partial charge on any atom is 0.228 e. The van der Waals surface area contributed by atoms with E-state index in [2.05, 4.69) is 20.2 Å². The quantitative estimate of drug-likeness (QED) is 0.783. The Balaban J connectivity index is 1.45. The van der Waals surface area contributed by atoms with Crippen LogP contribution < -0.4 is 10.2 Å². The predicted molar refractivity (Wildman–Crippen MR) is 105 cm³/mol. The van der Waals surface area contributed by atoms with Gasteiger partial charge in [-0.2, -0.15) is 0 Å². The molecule has 0 radical (unpaired) electrons. The van der Waals surface area contributed by atoms with Gasteiger partial charge in [-0.1, -0.05) is 12.8 Å². The van der Waals surface area contributed by atoms with Gasteiger partial charge in [0.25, 0.3) is 0 Å². The second kappa shape index (κ2) is 7.93. The first kappa shape index (κ1) is 19.6. The molecule has 1 saturated heterocycles. The summed E-state index contributed by atoms with van der Waals surface area (Å²) >= 11 is 0. The summed E-state index contributed by atoms with van der Waals surface area (Å²) < 4.78 is 19.4. The van der Waals surface area contributed by atoms with Gasteiger partial charge in [0.15, 0.2) is 0 Å². The lowest BCUT2D eigenvalue weighted by Gasteiger charge is -2.43. The summed E-state index contributed by atoms with van der Waals surface area (Å²) in [5.74, 6) is 0.853. The first-order valence-corrected chi connectivity index (χ1v) is 10.6. The molecule has 2 heterocycles. The Labute approximate surface area is 166 Å². The number of morpholine rings is 1. The zero-order valence-electron chi connectivity index (χ0n) is 16.8. The zero-order valence-corrected chi connectivity index (χ0v) is 16.8. The van der Waals surface area contributed by atoms with E-state index in [4.69, 9.17) is 4.74 Å². The third kappa shape index (κ3) is 3.73. The summed E-state index contributed by atoms with van der Waals surface area (Å²) in [4.78, 5) is 23.9. The van der Waals surface area contributed by atoms with Crippen molar-refractivity contribution in [2.24, 2.45) is 5.41 Å². The molecule has 0 aromatic carbocycles. The van der Waals surface area contributed by atoms with Crippen molar-refractivity contribution in [1.29, 1.82) is 0 Å². The van der Waals surface area contributed by atoms with E-state index in [1.165, 1.54) is 30.5 Å². The van der Waals surface area contributed by atoms with E-state index in [9.17, 15) is 9.18 Å². The standard InChI is InChI=1S/C21H31FN4O2/c1-20(13-23-19(27)21(12-22)8-5-9-21)14-26(10-11-28-20)18-16-6-3-2-4-7-17(16)24-15-25-18/h15H,2-14H2,1H3,(H,23,27). The van der Waals surface area contributed by atoms with Crippen molar-refractivity contribution in [2.75, 3.05) is 37.8 Å². The molecule has 1 unspecified atom stereocenters. The number of aromatic nitrogens is 2. The summed E-state index contributed by atoms with van der Waals surface area (Å²) in [5, 5.41) is 2.97. The Kier molecular flexibility index (Phi) is 5.54. The van der Waals surface area contributed by atoms with Crippen molar-refractivity contribution in [3.05, 3.63) is 17.6 Å². The molecule has 7 heteroatoms. The molecular weight excluding hydrogens is 359 g/mol. The van der Waals surface area contributed by atoms with Crippen LogP contribution in [0.1, 0.15) is 56.7 Å². The van der Waals surface area contributed by atoms with Gasteiger partial charge in [0, 0.05) is 30.9 Å². The molecule has 2 aliphatic carbocycles. The third-order valence-corrected chi connectivity index (χ3v) is 6.66. The van der Waals surface area contributed by atoms with E-state index in [-0.39, 0.29) is 5.91 Å². The fourth-order valence-corrected chi connectivity index (χ4v) is 4.65. The first-order chi connectivity index (χ1) is 13.6. The third-order valence-electron chi connectivity index (χ3n) is 6.66. The number of anilines is 1. The summed E-state index contributed by atoms with van der Waals surface area (Å²) in [6.45, 7) is 3.84. The molecule has 1 atom stereocenters. The lowest BCUT2D eigenvalue weighted by atomic mass is 9.69. The maximum atomic E-state index is 13.4. The summed E-state index contributed by atoms with van der Waals surface area (Å²) in [7, 11) is 0. The van der Waals surface area contributed by atoms with E-state index < -0.39 is 17.7 Å². The Bertz CT molecular complexity index is 719. The number of alkyl halides is 1. The number of amides is 1. The molecule has 1 aliphatic heterocycles. The molecule has 0 spiro atoms. The average Bonchev–Trinajstić information content (AvgIpc) is 2.91. The van der Waals surface area contributed by atoms with E-state index in [0.717, 1.165) is 31.6 Å². The fourth-order valence-electron chi connectivity index (χ4n) is 4.65. The SMILES string of the molecule is CC1(CNC(=O)C2(CF)CCC2)CN(c2ncnc3c2CCCCC3)CCO1. The van der Waals surface area contributed by atoms with Crippen LogP contribution in [-0.4, -0.2) is 54.4 Å². The lowest BCUT2D eigenvalue weighted by Crippen LogP contribution is -2.58. The highest BCUT2D eigenvalue weighted by atomic mass is 19.1. The number of nitrogens with zero attached hydrogens (tertiary/aromatic N) is 3. The van der Waals surface area contributed by atoms with Gasteiger partial charge in [-0.15, -0.1) is 0 Å². The Morgan fingerprint density at radius 1 is 1.25 bits per heavy atom. The molecule has 4 rings (SSSR count). The second-order valence-corrected chi connectivity index (χ2v) is 8.85. The van der Waals surface area contributed by atoms with Gasteiger partial charge in [0.05, 0.1) is 12.0 Å². The second-order valence-electron chi connectivity index (χ2n) is 8.85. The lowest BCUT2D eigenvalue weighted by molar-refractivity contribution is -0.139. The van der Waals surface area contributed by atoms with Crippen molar-refractivity contribution >= 4 is 11.7 Å². The molecule has 1 N–H and O–H groups in total. The minimum absolute atomic E-state index is 0.167. The highest BCUT2D eigenvalue weighted by molar-refractivity contribution is 5.83. The van der Waals surface area contributed by atoms with E-state index in [1.807, 2.05) is 6.92 Å². The van der Waals surface area contributed by atoms with Gasteiger partial charge in [0.2, 0.25) is 5.91 Å². The minimum Gasteiger partial charge on any atom is -0.370 e. The number of rotatable bonds is 5. The van der Waals surface area contributed by atoms with Crippen LogP contribution in [0.3, 0.4) is 0 Å². The van der Waals surface area contributed by atoms with Crippen LogP contribution in [0.5, 0.6) is 0 Å². The van der Waals surface area contributed by atoms with Gasteiger partial charge in [-0.3, -0.25) is 4.79 Å².